The quantitative estimate of drug-likeness (QED) is 0.809. The van der Waals surface area contributed by atoms with E-state index in [0.717, 1.165) is 12.0 Å². The first kappa shape index (κ1) is 15.0. The highest BCUT2D eigenvalue weighted by Crippen LogP contribution is 2.36. The third-order valence-corrected chi connectivity index (χ3v) is 5.09. The summed E-state index contributed by atoms with van der Waals surface area (Å²) >= 11 is 0. The molecule has 0 unspecified atom stereocenters. The average Bonchev–Trinajstić information content (AvgIpc) is 2.48. The molecule has 1 aliphatic heterocycles. The van der Waals surface area contributed by atoms with Crippen molar-refractivity contribution in [3.63, 3.8) is 0 Å². The van der Waals surface area contributed by atoms with Crippen LogP contribution in [0.5, 0.6) is 0 Å². The number of benzene rings is 1. The highest BCUT2D eigenvalue weighted by atomic mass is 15.2. The van der Waals surface area contributed by atoms with E-state index in [1.807, 2.05) is 0 Å². The number of piperazine rings is 1. The van der Waals surface area contributed by atoms with Crippen LogP contribution in [0.1, 0.15) is 30.7 Å². The molecule has 116 valence electrons. The molecule has 1 saturated carbocycles. The van der Waals surface area contributed by atoms with Crippen LogP contribution >= 0.6 is 0 Å². The molecule has 0 atom stereocenters. The lowest BCUT2D eigenvalue weighted by Gasteiger charge is -2.37. The molecular weight excluding hydrogens is 258 g/mol. The largest absolute Gasteiger partial charge is 0.314 e. The molecule has 1 saturated heterocycles. The first-order chi connectivity index (χ1) is 10.3. The maximum absolute atomic E-state index is 3.73. The average molecular weight is 287 g/mol. The molecule has 0 bridgehead atoms. The summed E-state index contributed by atoms with van der Waals surface area (Å²) in [6, 6.07) is 11.7. The van der Waals surface area contributed by atoms with E-state index in [4.69, 9.17) is 0 Å². The van der Waals surface area contributed by atoms with Crippen LogP contribution in [-0.2, 0) is 0 Å². The first-order valence-corrected chi connectivity index (χ1v) is 8.50. The maximum Gasteiger partial charge on any atom is 0.0110 e. The van der Waals surface area contributed by atoms with Crippen molar-refractivity contribution in [1.29, 1.82) is 0 Å². The van der Waals surface area contributed by atoms with E-state index >= 15 is 0 Å². The van der Waals surface area contributed by atoms with Crippen LogP contribution in [0.3, 0.4) is 0 Å². The Kier molecular flexibility index (Phi) is 5.28. The highest BCUT2D eigenvalue weighted by molar-refractivity contribution is 5.22. The van der Waals surface area contributed by atoms with E-state index in [1.165, 1.54) is 64.1 Å². The summed E-state index contributed by atoms with van der Waals surface area (Å²) in [5.41, 5.74) is 1.52. The van der Waals surface area contributed by atoms with E-state index in [9.17, 15) is 0 Å². The van der Waals surface area contributed by atoms with E-state index in [0.29, 0.717) is 0 Å². The van der Waals surface area contributed by atoms with Crippen molar-refractivity contribution in [2.45, 2.75) is 31.2 Å². The molecule has 1 N–H and O–H groups in total. The number of nitrogens with zero attached hydrogens (tertiary/aromatic N) is 2. The Hall–Kier alpha value is -0.900. The number of hydrogen-bond donors (Lipinski definition) is 1. The highest BCUT2D eigenvalue weighted by Gasteiger charge is 2.29. The Labute approximate surface area is 129 Å². The van der Waals surface area contributed by atoms with Crippen molar-refractivity contribution in [1.82, 2.24) is 15.1 Å². The van der Waals surface area contributed by atoms with Crippen LogP contribution in [0.2, 0.25) is 0 Å². The van der Waals surface area contributed by atoms with E-state index in [1.54, 1.807) is 0 Å². The van der Waals surface area contributed by atoms with Gasteiger partial charge in [-0.3, -0.25) is 0 Å². The van der Waals surface area contributed by atoms with Gasteiger partial charge < -0.3 is 15.1 Å². The first-order valence-electron chi connectivity index (χ1n) is 8.50. The third kappa shape index (κ3) is 4.29. The van der Waals surface area contributed by atoms with Crippen LogP contribution in [0.25, 0.3) is 0 Å². The van der Waals surface area contributed by atoms with Gasteiger partial charge in [-0.1, -0.05) is 30.3 Å². The van der Waals surface area contributed by atoms with Crippen molar-refractivity contribution in [2.75, 3.05) is 46.3 Å². The second kappa shape index (κ2) is 7.39. The van der Waals surface area contributed by atoms with Gasteiger partial charge >= 0.3 is 0 Å². The van der Waals surface area contributed by atoms with Crippen LogP contribution in [-0.4, -0.2) is 62.2 Å². The lowest BCUT2D eigenvalue weighted by Crippen LogP contribution is -2.45. The minimum atomic E-state index is 0.752. The third-order valence-electron chi connectivity index (χ3n) is 5.09. The van der Waals surface area contributed by atoms with Gasteiger partial charge in [0.15, 0.2) is 0 Å². The molecule has 0 amide bonds. The minimum Gasteiger partial charge on any atom is -0.314 e. The Balaban J connectivity index is 1.25. The van der Waals surface area contributed by atoms with Gasteiger partial charge in [0.1, 0.15) is 0 Å². The molecule has 3 rings (SSSR count). The molecule has 1 aromatic rings. The Morgan fingerprint density at radius 2 is 1.76 bits per heavy atom. The van der Waals surface area contributed by atoms with Crippen molar-refractivity contribution in [3.8, 4) is 0 Å². The van der Waals surface area contributed by atoms with Crippen LogP contribution in [0.4, 0.5) is 0 Å². The van der Waals surface area contributed by atoms with Gasteiger partial charge in [-0.25, -0.2) is 0 Å². The lowest BCUT2D eigenvalue weighted by molar-refractivity contribution is 0.151. The van der Waals surface area contributed by atoms with Gasteiger partial charge in [-0.15, -0.1) is 0 Å². The van der Waals surface area contributed by atoms with Crippen LogP contribution in [0.15, 0.2) is 30.3 Å². The molecular formula is C18H29N3. The lowest BCUT2D eigenvalue weighted by atomic mass is 9.76. The zero-order valence-corrected chi connectivity index (χ0v) is 13.3. The number of hydrogen-bond acceptors (Lipinski definition) is 3. The monoisotopic (exact) mass is 287 g/mol. The second-order valence-corrected chi connectivity index (χ2v) is 6.73. The van der Waals surface area contributed by atoms with Gasteiger partial charge in [0, 0.05) is 32.2 Å². The minimum absolute atomic E-state index is 0.752. The summed E-state index contributed by atoms with van der Waals surface area (Å²) in [4.78, 5) is 5.03. The molecule has 0 radical (unpaired) electrons. The summed E-state index contributed by atoms with van der Waals surface area (Å²) in [6.45, 7) is 7.39. The summed E-state index contributed by atoms with van der Waals surface area (Å²) in [7, 11) is 2.22. The fourth-order valence-electron chi connectivity index (χ4n) is 3.46. The second-order valence-electron chi connectivity index (χ2n) is 6.73. The summed E-state index contributed by atoms with van der Waals surface area (Å²) in [5.74, 6) is 0.793. The Morgan fingerprint density at radius 3 is 2.48 bits per heavy atom. The van der Waals surface area contributed by atoms with Crippen LogP contribution in [0, 0.1) is 0 Å². The van der Waals surface area contributed by atoms with Gasteiger partial charge in [-0.05, 0) is 50.9 Å². The van der Waals surface area contributed by atoms with Crippen molar-refractivity contribution >= 4 is 0 Å². The fraction of sp³-hybridized carbons (Fsp3) is 0.667. The summed E-state index contributed by atoms with van der Waals surface area (Å²) in [6.07, 6.45) is 3.92. The smallest absolute Gasteiger partial charge is 0.0110 e. The molecule has 0 spiro atoms. The van der Waals surface area contributed by atoms with Gasteiger partial charge in [0.25, 0.3) is 0 Å². The van der Waals surface area contributed by atoms with Gasteiger partial charge in [-0.2, -0.15) is 0 Å². The summed E-state index contributed by atoms with van der Waals surface area (Å²) < 4.78 is 0. The van der Waals surface area contributed by atoms with E-state index < -0.39 is 0 Å². The number of likely N-dealkylation sites (N-methyl/N-ethyl adjacent to an activating group) is 1. The predicted octanol–water partition coefficient (Wildman–Crippen LogP) is 2.16. The molecule has 3 heteroatoms. The molecule has 2 fully saturated rings. The molecule has 2 aliphatic rings. The maximum atomic E-state index is 3.73. The topological polar surface area (TPSA) is 18.5 Å². The van der Waals surface area contributed by atoms with Crippen molar-refractivity contribution in [3.05, 3.63) is 35.9 Å². The fourth-order valence-corrected chi connectivity index (χ4v) is 3.46. The van der Waals surface area contributed by atoms with Crippen LogP contribution < -0.4 is 5.32 Å². The molecule has 0 aromatic heterocycles. The van der Waals surface area contributed by atoms with Gasteiger partial charge in [0.05, 0.1) is 0 Å². The standard InChI is InChI=1S/C18H29N3/c1-20-10-12-21(13-11-20)9-5-8-19-18-14-17(15-18)16-6-3-2-4-7-16/h2-4,6-7,17-19H,5,8-15H2,1H3. The number of nitrogens with one attached hydrogen (secondary N) is 1. The zero-order chi connectivity index (χ0) is 14.5. The molecule has 3 nitrogen and oxygen atoms in total. The van der Waals surface area contributed by atoms with E-state index in [2.05, 4.69) is 52.5 Å². The van der Waals surface area contributed by atoms with Crippen molar-refractivity contribution < 1.29 is 0 Å². The molecule has 21 heavy (non-hydrogen) atoms. The summed E-state index contributed by atoms with van der Waals surface area (Å²) in [5, 5.41) is 3.73. The molecule has 1 aliphatic carbocycles. The zero-order valence-electron chi connectivity index (χ0n) is 13.3. The molecule has 1 heterocycles. The molecule has 1 aromatic carbocycles. The predicted molar refractivity (Wildman–Crippen MR) is 88.8 cm³/mol. The van der Waals surface area contributed by atoms with Gasteiger partial charge in [0.2, 0.25) is 0 Å². The Morgan fingerprint density at radius 1 is 1.05 bits per heavy atom. The Bertz CT molecular complexity index is 406. The normalized spacial score (nSPS) is 27.5. The van der Waals surface area contributed by atoms with Crippen molar-refractivity contribution in [2.24, 2.45) is 0 Å². The number of rotatable bonds is 6. The van der Waals surface area contributed by atoms with E-state index in [-0.39, 0.29) is 0 Å². The SMILES string of the molecule is CN1CCN(CCCNC2CC(c3ccccc3)C2)CC1.